The highest BCUT2D eigenvalue weighted by Crippen LogP contribution is 2.44. The summed E-state index contributed by atoms with van der Waals surface area (Å²) < 4.78 is 24.6. The van der Waals surface area contributed by atoms with Crippen molar-refractivity contribution in [2.24, 2.45) is 4.99 Å². The first-order valence-electron chi connectivity index (χ1n) is 24.5. The average Bonchev–Trinajstić information content (AvgIpc) is 3.88. The van der Waals surface area contributed by atoms with Crippen molar-refractivity contribution in [3.05, 3.63) is 124 Å². The number of fused-ring (bicyclic) bond motifs is 8. The summed E-state index contributed by atoms with van der Waals surface area (Å²) in [5, 5.41) is 6.65. The highest BCUT2D eigenvalue weighted by molar-refractivity contribution is 8.77. The average molecular weight is 1010 g/mol. The molecule has 0 radical (unpaired) electrons. The number of hydrogen-bond acceptors (Lipinski definition) is 13. The predicted molar refractivity (Wildman–Crippen MR) is 290 cm³/mol. The molecule has 5 aromatic rings. The van der Waals surface area contributed by atoms with Gasteiger partial charge in [-0.15, -0.1) is 0 Å². The van der Waals surface area contributed by atoms with Crippen LogP contribution in [0.2, 0.25) is 0 Å². The summed E-state index contributed by atoms with van der Waals surface area (Å²) in [5.74, 6) is 2.44. The molecular weight excluding hydrogens is 949 g/mol. The van der Waals surface area contributed by atoms with E-state index in [0.29, 0.717) is 77.9 Å². The summed E-state index contributed by atoms with van der Waals surface area (Å²) in [6, 6.07) is 29.0. The molecule has 16 heteroatoms. The summed E-state index contributed by atoms with van der Waals surface area (Å²) >= 11 is 0. The lowest BCUT2D eigenvalue weighted by Crippen LogP contribution is -2.41. The Kier molecular flexibility index (Phi) is 15.4. The van der Waals surface area contributed by atoms with Gasteiger partial charge in [0.15, 0.2) is 28.8 Å². The number of hydrogen-bond donors (Lipinski definition) is 2. The number of methoxy groups -OCH3 is 2. The molecule has 3 amide bonds. The first-order valence-corrected chi connectivity index (χ1v) is 26.8. The number of likely N-dealkylation sites (N-methyl/N-ethyl adjacent to an activating group) is 1. The summed E-state index contributed by atoms with van der Waals surface area (Å²) in [7, 11) is 8.57. The fourth-order valence-corrected chi connectivity index (χ4v) is 12.6. The first kappa shape index (κ1) is 50.3. The number of para-hydroxylation sites is 2. The molecule has 0 aromatic heterocycles. The maximum atomic E-state index is 14.3. The third kappa shape index (κ3) is 11.0. The number of rotatable bonds is 20. The molecule has 0 bridgehead atoms. The molecule has 0 fully saturated rings. The van der Waals surface area contributed by atoms with Gasteiger partial charge in [-0.2, -0.15) is 0 Å². The van der Waals surface area contributed by atoms with E-state index >= 15 is 0 Å². The number of anilines is 5. The minimum Gasteiger partial charge on any atom is -0.493 e. The smallest absolute Gasteiger partial charge is 0.260 e. The molecule has 0 saturated carbocycles. The van der Waals surface area contributed by atoms with Gasteiger partial charge in [0, 0.05) is 72.7 Å². The fraction of sp³-hybridized carbons (Fsp3) is 0.375. The zero-order valence-corrected chi connectivity index (χ0v) is 43.4. The van der Waals surface area contributed by atoms with Gasteiger partial charge < -0.3 is 44.3 Å². The second kappa shape index (κ2) is 22.0. The van der Waals surface area contributed by atoms with Crippen LogP contribution in [0.25, 0.3) is 0 Å². The minimum absolute atomic E-state index is 0.00958. The van der Waals surface area contributed by atoms with Gasteiger partial charge in [0.2, 0.25) is 5.91 Å². The number of ether oxygens (including phenoxy) is 4. The van der Waals surface area contributed by atoms with Crippen LogP contribution in [0.5, 0.6) is 23.0 Å². The third-order valence-corrected chi connectivity index (χ3v) is 17.0. The Morgan fingerprint density at radius 2 is 1.39 bits per heavy atom. The number of aliphatic imine (C=N–C) groups is 1. The molecule has 0 unspecified atom stereocenters. The van der Waals surface area contributed by atoms with Crippen LogP contribution < -0.4 is 44.3 Å². The van der Waals surface area contributed by atoms with Gasteiger partial charge in [-0.3, -0.25) is 24.2 Å². The van der Waals surface area contributed by atoms with E-state index in [1.54, 1.807) is 54.2 Å². The monoisotopic (exact) mass is 1010 g/mol. The molecule has 0 saturated heterocycles. The van der Waals surface area contributed by atoms with E-state index in [1.807, 2.05) is 90.5 Å². The maximum Gasteiger partial charge on any atom is 0.260 e. The van der Waals surface area contributed by atoms with Gasteiger partial charge in [-0.05, 0) is 117 Å². The van der Waals surface area contributed by atoms with Gasteiger partial charge in [-0.1, -0.05) is 58.0 Å². The van der Waals surface area contributed by atoms with Crippen LogP contribution >= 0.6 is 21.6 Å². The predicted octanol–water partition coefficient (Wildman–Crippen LogP) is 10.2. The van der Waals surface area contributed by atoms with Gasteiger partial charge in [0.1, 0.15) is 13.2 Å². The van der Waals surface area contributed by atoms with Gasteiger partial charge >= 0.3 is 0 Å². The van der Waals surface area contributed by atoms with Gasteiger partial charge in [-0.25, -0.2) is 0 Å². The highest BCUT2D eigenvalue weighted by atomic mass is 33.1. The van der Waals surface area contributed by atoms with Crippen molar-refractivity contribution < 1.29 is 38.1 Å². The number of carbonyl (C=O) groups is 4. The lowest BCUT2D eigenvalue weighted by molar-refractivity contribution is -0.118. The number of nitrogens with one attached hydrogen (secondary N) is 2. The Balaban J connectivity index is 0.928. The van der Waals surface area contributed by atoms with E-state index in [9.17, 15) is 19.2 Å². The van der Waals surface area contributed by atoms with Crippen LogP contribution in [-0.2, 0) is 35.6 Å². The van der Waals surface area contributed by atoms with E-state index in [4.69, 9.17) is 18.9 Å². The van der Waals surface area contributed by atoms with Crippen LogP contribution in [0.1, 0.15) is 89.4 Å². The first-order chi connectivity index (χ1) is 34.8. The van der Waals surface area contributed by atoms with Crippen molar-refractivity contribution in [3.8, 4) is 23.0 Å². The zero-order valence-electron chi connectivity index (χ0n) is 41.7. The van der Waals surface area contributed by atoms with Crippen LogP contribution in [0, 0.1) is 0 Å². The number of benzene rings is 5. The Hall–Kier alpha value is -6.65. The molecule has 2 atom stereocenters. The normalized spacial score (nSPS) is 16.7. The molecular formula is C56H62N6O8S2. The number of amides is 3. The number of Topliss-reactive ketones (excluding diaryl/α,β-unsaturated/α-hetero) is 1. The van der Waals surface area contributed by atoms with Crippen LogP contribution in [0.3, 0.4) is 0 Å². The molecule has 0 spiro atoms. The standard InChI is InChI=1S/C56H62N6O8S2/c1-7-57-31-42(63)15-12-20-71-72-56(2,3)19-18-53(64)59-39-22-35(33-69-51-28-45-43(26-49(51)67-5)54(65)61-40(30-58-45)24-37-13-8-10-16-46(37)61)21-36(23-39)34-70-52-29-48-44(27-50(52)68-6)55(66)62-41(32-60(48)4)25-38-14-9-11-17-47(38)62/h7-11,13-14,16-17,21-23,26-29,40-41,58H,12,15,18-20,24-25,30-34H2,1-6H3,(H,59,64)/t40-,41-/m0/s1. The van der Waals surface area contributed by atoms with Crippen molar-refractivity contribution >= 4 is 79.7 Å². The lowest BCUT2D eigenvalue weighted by Gasteiger charge is -2.25. The molecule has 4 aliphatic heterocycles. The molecule has 376 valence electrons. The fourth-order valence-electron chi connectivity index (χ4n) is 9.95. The summed E-state index contributed by atoms with van der Waals surface area (Å²) in [6.45, 7) is 7.74. The molecule has 2 N–H and O–H groups in total. The maximum absolute atomic E-state index is 14.3. The summed E-state index contributed by atoms with van der Waals surface area (Å²) in [4.78, 5) is 64.1. The largest absolute Gasteiger partial charge is 0.493 e. The number of nitrogens with zero attached hydrogens (tertiary/aromatic N) is 4. The quantitative estimate of drug-likeness (QED) is 0.0434. The Morgan fingerprint density at radius 3 is 2.06 bits per heavy atom. The summed E-state index contributed by atoms with van der Waals surface area (Å²) in [6.07, 6.45) is 5.43. The van der Waals surface area contributed by atoms with Crippen molar-refractivity contribution in [3.63, 3.8) is 0 Å². The molecule has 14 nitrogen and oxygen atoms in total. The second-order valence-electron chi connectivity index (χ2n) is 19.2. The van der Waals surface area contributed by atoms with Crippen molar-refractivity contribution in [1.29, 1.82) is 0 Å². The highest BCUT2D eigenvalue weighted by Gasteiger charge is 2.40. The van der Waals surface area contributed by atoms with Crippen LogP contribution in [0.15, 0.2) is 96.0 Å². The van der Waals surface area contributed by atoms with Crippen LogP contribution in [-0.4, -0.2) is 93.2 Å². The Labute approximate surface area is 429 Å². The van der Waals surface area contributed by atoms with E-state index in [2.05, 4.69) is 46.5 Å². The van der Waals surface area contributed by atoms with E-state index in [-0.39, 0.29) is 60.1 Å². The second-order valence-corrected chi connectivity index (χ2v) is 22.3. The van der Waals surface area contributed by atoms with E-state index in [0.717, 1.165) is 64.3 Å². The van der Waals surface area contributed by atoms with E-state index in [1.165, 1.54) is 0 Å². The topological polar surface area (TPSA) is 151 Å². The zero-order chi connectivity index (χ0) is 50.5. The number of carbonyl (C=O) groups excluding carboxylic acids is 4. The summed E-state index contributed by atoms with van der Waals surface area (Å²) in [5.41, 5.74) is 8.74. The van der Waals surface area contributed by atoms with Crippen LogP contribution in [0.4, 0.5) is 28.4 Å². The lowest BCUT2D eigenvalue weighted by atomic mass is 10.1. The molecule has 4 heterocycles. The van der Waals surface area contributed by atoms with Gasteiger partial charge in [0.25, 0.3) is 11.8 Å². The Morgan fingerprint density at radius 1 is 0.778 bits per heavy atom. The molecule has 72 heavy (non-hydrogen) atoms. The molecule has 5 aromatic carbocycles. The number of ketones is 1. The SMILES string of the molecule is CC=NCC(=O)CCCSSC(C)(C)CCC(=O)Nc1cc(COc2cc3c(cc2OC)C(=O)N2c4ccccc4C[C@H]2CN3)cc(COc2cc3c(cc2OC)C(=O)N2c4ccccc4C[C@H]2CN3C)c1. The molecule has 4 aliphatic rings. The van der Waals surface area contributed by atoms with Crippen molar-refractivity contribution in [1.82, 2.24) is 0 Å². The van der Waals surface area contributed by atoms with E-state index < -0.39 is 0 Å². The molecule has 9 rings (SSSR count). The molecule has 0 aliphatic carbocycles. The Bertz CT molecular complexity index is 2910. The minimum atomic E-state index is -0.188. The van der Waals surface area contributed by atoms with Crippen molar-refractivity contribution in [2.75, 3.05) is 72.0 Å². The third-order valence-electron chi connectivity index (χ3n) is 13.5. The van der Waals surface area contributed by atoms with Gasteiger partial charge in [0.05, 0.1) is 55.3 Å². The van der Waals surface area contributed by atoms with Crippen molar-refractivity contribution in [2.45, 2.75) is 89.3 Å².